The Bertz CT molecular complexity index is 876. The fourth-order valence-corrected chi connectivity index (χ4v) is 2.36. The number of methoxy groups -OCH3 is 1. The third kappa shape index (κ3) is 4.23. The summed E-state index contributed by atoms with van der Waals surface area (Å²) in [4.78, 5) is 16.1. The molecule has 0 unspecified atom stereocenters. The predicted molar refractivity (Wildman–Crippen MR) is 91.8 cm³/mol. The third-order valence-corrected chi connectivity index (χ3v) is 3.61. The highest BCUT2D eigenvalue weighted by Gasteiger charge is 2.12. The van der Waals surface area contributed by atoms with Crippen molar-refractivity contribution in [3.05, 3.63) is 66.4 Å². The van der Waals surface area contributed by atoms with Crippen molar-refractivity contribution in [3.63, 3.8) is 0 Å². The van der Waals surface area contributed by atoms with Gasteiger partial charge in [-0.25, -0.2) is 9.37 Å². The van der Waals surface area contributed by atoms with Gasteiger partial charge in [0.2, 0.25) is 5.91 Å². The van der Waals surface area contributed by atoms with Gasteiger partial charge in [0.25, 0.3) is 0 Å². The van der Waals surface area contributed by atoms with E-state index in [-0.39, 0.29) is 18.1 Å². The molecule has 0 radical (unpaired) electrons. The molecule has 5 nitrogen and oxygen atoms in total. The fraction of sp³-hybridized carbons (Fsp3) is 0.158. The van der Waals surface area contributed by atoms with Crippen LogP contribution in [0.2, 0.25) is 0 Å². The van der Waals surface area contributed by atoms with Crippen LogP contribution in [-0.2, 0) is 11.2 Å². The van der Waals surface area contributed by atoms with E-state index in [0.717, 1.165) is 0 Å². The number of carbonyl (C=O) groups excluding carboxylic acids is 1. The lowest BCUT2D eigenvalue weighted by Gasteiger charge is -2.06. The Morgan fingerprint density at radius 2 is 2.08 bits per heavy atom. The molecule has 0 bridgehead atoms. The van der Waals surface area contributed by atoms with E-state index in [1.807, 2.05) is 0 Å². The first-order valence-electron chi connectivity index (χ1n) is 7.79. The zero-order valence-corrected chi connectivity index (χ0v) is 13.7. The highest BCUT2D eigenvalue weighted by Crippen LogP contribution is 2.23. The summed E-state index contributed by atoms with van der Waals surface area (Å²) in [6.45, 7) is 0. The molecule has 0 spiro atoms. The zero-order valence-electron chi connectivity index (χ0n) is 13.7. The van der Waals surface area contributed by atoms with Crippen LogP contribution in [0.3, 0.4) is 0 Å². The molecule has 0 aliphatic heterocycles. The molecule has 2 aromatic carbocycles. The Balaban J connectivity index is 1.58. The number of rotatable bonds is 6. The molecule has 25 heavy (non-hydrogen) atoms. The Kier molecular flexibility index (Phi) is 5.09. The highest BCUT2D eigenvalue weighted by atomic mass is 19.1. The molecule has 1 heterocycles. The van der Waals surface area contributed by atoms with Crippen LogP contribution in [0.1, 0.15) is 12.3 Å². The monoisotopic (exact) mass is 340 g/mol. The topological polar surface area (TPSA) is 64.4 Å². The van der Waals surface area contributed by atoms with Crippen LogP contribution in [0.25, 0.3) is 11.3 Å². The van der Waals surface area contributed by atoms with Crippen LogP contribution in [0.5, 0.6) is 5.75 Å². The van der Waals surface area contributed by atoms with Crippen LogP contribution in [-0.4, -0.2) is 18.0 Å². The minimum Gasteiger partial charge on any atom is -0.497 e. The number of aryl methyl sites for hydroxylation is 1. The number of oxazole rings is 1. The summed E-state index contributed by atoms with van der Waals surface area (Å²) in [6, 6.07) is 13.4. The number of hydrogen-bond donors (Lipinski definition) is 1. The normalized spacial score (nSPS) is 10.5. The van der Waals surface area contributed by atoms with Crippen LogP contribution < -0.4 is 10.1 Å². The smallest absolute Gasteiger partial charge is 0.224 e. The lowest BCUT2D eigenvalue weighted by Crippen LogP contribution is -2.12. The Morgan fingerprint density at radius 1 is 1.24 bits per heavy atom. The molecule has 3 aromatic rings. The summed E-state index contributed by atoms with van der Waals surface area (Å²) in [5, 5.41) is 2.79. The number of hydrogen-bond acceptors (Lipinski definition) is 4. The van der Waals surface area contributed by atoms with E-state index in [2.05, 4.69) is 10.3 Å². The van der Waals surface area contributed by atoms with Crippen molar-refractivity contribution in [3.8, 4) is 17.1 Å². The summed E-state index contributed by atoms with van der Waals surface area (Å²) in [7, 11) is 1.57. The van der Waals surface area contributed by atoms with Crippen molar-refractivity contribution in [2.45, 2.75) is 12.8 Å². The van der Waals surface area contributed by atoms with Gasteiger partial charge in [0.05, 0.1) is 18.9 Å². The number of amides is 1. The van der Waals surface area contributed by atoms with Crippen LogP contribution in [0.4, 0.5) is 10.1 Å². The largest absolute Gasteiger partial charge is 0.497 e. The van der Waals surface area contributed by atoms with E-state index in [0.29, 0.717) is 35.1 Å². The molecule has 0 aliphatic carbocycles. The average molecular weight is 340 g/mol. The summed E-state index contributed by atoms with van der Waals surface area (Å²) < 4.78 is 24.4. The van der Waals surface area contributed by atoms with E-state index >= 15 is 0 Å². The van der Waals surface area contributed by atoms with Crippen molar-refractivity contribution in [1.82, 2.24) is 4.98 Å². The first kappa shape index (κ1) is 16.7. The molecule has 0 fully saturated rings. The number of benzene rings is 2. The molecule has 3 rings (SSSR count). The fourth-order valence-electron chi connectivity index (χ4n) is 2.36. The van der Waals surface area contributed by atoms with Crippen molar-refractivity contribution in [1.29, 1.82) is 0 Å². The van der Waals surface area contributed by atoms with Crippen LogP contribution >= 0.6 is 0 Å². The van der Waals surface area contributed by atoms with Gasteiger partial charge in [-0.15, -0.1) is 0 Å². The standard InChI is InChI=1S/C19H17FN2O3/c1-24-14-6-4-5-13(11-14)22-18(23)9-10-19-21-12-17(25-19)15-7-2-3-8-16(15)20/h2-8,11-12H,9-10H2,1H3,(H,22,23). The molecule has 1 amide bonds. The lowest BCUT2D eigenvalue weighted by molar-refractivity contribution is -0.116. The van der Waals surface area contributed by atoms with E-state index in [4.69, 9.17) is 9.15 Å². The Labute approximate surface area is 144 Å². The van der Waals surface area contributed by atoms with Gasteiger partial charge in [0.15, 0.2) is 11.7 Å². The molecule has 0 saturated heterocycles. The van der Waals surface area contributed by atoms with E-state index in [1.165, 1.54) is 12.3 Å². The average Bonchev–Trinajstić information content (AvgIpc) is 3.09. The van der Waals surface area contributed by atoms with E-state index in [9.17, 15) is 9.18 Å². The minimum atomic E-state index is -0.374. The van der Waals surface area contributed by atoms with E-state index in [1.54, 1.807) is 49.6 Å². The van der Waals surface area contributed by atoms with Gasteiger partial charge >= 0.3 is 0 Å². The first-order valence-corrected chi connectivity index (χ1v) is 7.79. The molecule has 0 aliphatic rings. The molecular formula is C19H17FN2O3. The highest BCUT2D eigenvalue weighted by molar-refractivity contribution is 5.90. The summed E-state index contributed by atoms with van der Waals surface area (Å²) in [5.74, 6) is 0.861. The second kappa shape index (κ2) is 7.61. The molecule has 0 saturated carbocycles. The van der Waals surface area contributed by atoms with Gasteiger partial charge in [-0.3, -0.25) is 4.79 Å². The Morgan fingerprint density at radius 3 is 2.88 bits per heavy atom. The SMILES string of the molecule is COc1cccc(NC(=O)CCc2ncc(-c3ccccc3F)o2)c1. The van der Waals surface area contributed by atoms with Gasteiger partial charge in [0, 0.05) is 24.6 Å². The van der Waals surface area contributed by atoms with Gasteiger partial charge in [0.1, 0.15) is 11.6 Å². The van der Waals surface area contributed by atoms with Crippen molar-refractivity contribution >= 4 is 11.6 Å². The lowest BCUT2D eigenvalue weighted by atomic mass is 10.2. The maximum absolute atomic E-state index is 13.7. The maximum Gasteiger partial charge on any atom is 0.224 e. The predicted octanol–water partition coefficient (Wildman–Crippen LogP) is 4.06. The number of anilines is 1. The van der Waals surface area contributed by atoms with Crippen LogP contribution in [0.15, 0.2) is 59.1 Å². The first-order chi connectivity index (χ1) is 12.2. The van der Waals surface area contributed by atoms with Gasteiger partial charge < -0.3 is 14.5 Å². The quantitative estimate of drug-likeness (QED) is 0.735. The summed E-state index contributed by atoms with van der Waals surface area (Å²) in [5.41, 5.74) is 1.01. The molecular weight excluding hydrogens is 323 g/mol. The number of nitrogens with one attached hydrogen (secondary N) is 1. The molecule has 1 aromatic heterocycles. The summed E-state index contributed by atoms with van der Waals surface area (Å²) >= 11 is 0. The number of halogens is 1. The number of nitrogens with zero attached hydrogens (tertiary/aromatic N) is 1. The van der Waals surface area contributed by atoms with Gasteiger partial charge in [-0.1, -0.05) is 18.2 Å². The minimum absolute atomic E-state index is 0.168. The zero-order chi connectivity index (χ0) is 17.6. The molecule has 0 atom stereocenters. The number of carbonyl (C=O) groups is 1. The van der Waals surface area contributed by atoms with Crippen molar-refractivity contribution < 1.29 is 18.3 Å². The van der Waals surface area contributed by atoms with E-state index < -0.39 is 0 Å². The van der Waals surface area contributed by atoms with Gasteiger partial charge in [-0.05, 0) is 24.3 Å². The maximum atomic E-state index is 13.7. The number of aromatic nitrogens is 1. The Hall–Kier alpha value is -3.15. The molecule has 6 heteroatoms. The van der Waals surface area contributed by atoms with Crippen molar-refractivity contribution in [2.75, 3.05) is 12.4 Å². The second-order valence-electron chi connectivity index (χ2n) is 5.38. The van der Waals surface area contributed by atoms with Crippen molar-refractivity contribution in [2.24, 2.45) is 0 Å². The third-order valence-electron chi connectivity index (χ3n) is 3.61. The second-order valence-corrected chi connectivity index (χ2v) is 5.38. The molecule has 1 N–H and O–H groups in total. The van der Waals surface area contributed by atoms with Crippen LogP contribution in [0, 0.1) is 5.82 Å². The molecule has 128 valence electrons. The number of ether oxygens (including phenoxy) is 1. The summed E-state index contributed by atoms with van der Waals surface area (Å²) in [6.07, 6.45) is 1.99. The van der Waals surface area contributed by atoms with Gasteiger partial charge in [-0.2, -0.15) is 0 Å².